The van der Waals surface area contributed by atoms with Gasteiger partial charge in [-0.05, 0) is 24.8 Å². The first kappa shape index (κ1) is 12.2. The zero-order valence-corrected chi connectivity index (χ0v) is 10.2. The van der Waals surface area contributed by atoms with Gasteiger partial charge in [0.1, 0.15) is 0 Å². The monoisotopic (exact) mass is 210 g/mol. The summed E-state index contributed by atoms with van der Waals surface area (Å²) in [4.78, 5) is 0. The number of nitrogens with one attached hydrogen (secondary N) is 1. The van der Waals surface area contributed by atoms with Gasteiger partial charge in [-0.3, -0.25) is 4.68 Å². The van der Waals surface area contributed by atoms with Crippen LogP contribution in [-0.2, 0) is 13.6 Å². The summed E-state index contributed by atoms with van der Waals surface area (Å²) in [5.74, 6) is 0. The third kappa shape index (κ3) is 4.93. The largest absolute Gasteiger partial charge is 0.311 e. The van der Waals surface area contributed by atoms with Gasteiger partial charge >= 0.3 is 0 Å². The molecule has 0 unspecified atom stereocenters. The van der Waals surface area contributed by atoms with Crippen LogP contribution in [0.1, 0.15) is 39.3 Å². The topological polar surface area (TPSA) is 42.7 Å². The Kier molecular flexibility index (Phi) is 4.27. The Morgan fingerprint density at radius 3 is 2.67 bits per heavy atom. The van der Waals surface area contributed by atoms with E-state index in [9.17, 15) is 0 Å². The predicted octanol–water partition coefficient (Wildman–Crippen LogP) is 1.73. The maximum absolute atomic E-state index is 3.88. The third-order valence-electron chi connectivity index (χ3n) is 2.39. The van der Waals surface area contributed by atoms with E-state index in [4.69, 9.17) is 0 Å². The number of aryl methyl sites for hydroxylation is 1. The molecule has 0 saturated carbocycles. The van der Waals surface area contributed by atoms with E-state index in [1.807, 2.05) is 7.05 Å². The molecule has 1 rings (SSSR count). The van der Waals surface area contributed by atoms with E-state index in [0.29, 0.717) is 5.41 Å². The molecule has 0 bridgehead atoms. The van der Waals surface area contributed by atoms with Crippen molar-refractivity contribution in [3.05, 3.63) is 11.9 Å². The summed E-state index contributed by atoms with van der Waals surface area (Å²) in [5, 5.41) is 11.1. The Morgan fingerprint density at radius 1 is 1.40 bits per heavy atom. The van der Waals surface area contributed by atoms with Crippen LogP contribution in [0, 0.1) is 5.41 Å². The summed E-state index contributed by atoms with van der Waals surface area (Å²) in [7, 11) is 1.92. The lowest BCUT2D eigenvalue weighted by Crippen LogP contribution is -2.18. The highest BCUT2D eigenvalue weighted by Gasteiger charge is 2.08. The first-order valence-corrected chi connectivity index (χ1v) is 5.53. The van der Waals surface area contributed by atoms with E-state index in [0.717, 1.165) is 18.8 Å². The van der Waals surface area contributed by atoms with Crippen molar-refractivity contribution in [1.29, 1.82) is 0 Å². The second-order valence-electron chi connectivity index (χ2n) is 5.19. The van der Waals surface area contributed by atoms with Gasteiger partial charge in [0.15, 0.2) is 0 Å². The Morgan fingerprint density at radius 2 is 2.13 bits per heavy atom. The van der Waals surface area contributed by atoms with Crippen LogP contribution in [0.2, 0.25) is 0 Å². The molecule has 0 fully saturated rings. The summed E-state index contributed by atoms with van der Waals surface area (Å²) in [5.41, 5.74) is 1.57. The second kappa shape index (κ2) is 5.26. The van der Waals surface area contributed by atoms with E-state index in [1.54, 1.807) is 10.9 Å². The lowest BCUT2D eigenvalue weighted by molar-refractivity contribution is 0.360. The molecule has 0 radical (unpaired) electrons. The molecule has 1 aromatic rings. The molecule has 4 nitrogen and oxygen atoms in total. The molecule has 0 saturated heterocycles. The molecule has 86 valence electrons. The summed E-state index contributed by atoms with van der Waals surface area (Å²) >= 11 is 0. The van der Waals surface area contributed by atoms with Crippen LogP contribution in [0.25, 0.3) is 0 Å². The van der Waals surface area contributed by atoms with Crippen molar-refractivity contribution < 1.29 is 0 Å². The van der Waals surface area contributed by atoms with Gasteiger partial charge in [-0.2, -0.15) is 0 Å². The number of hydrogen-bond donors (Lipinski definition) is 1. The minimum Gasteiger partial charge on any atom is -0.311 e. The van der Waals surface area contributed by atoms with Crippen LogP contribution in [0.5, 0.6) is 0 Å². The van der Waals surface area contributed by atoms with Crippen molar-refractivity contribution >= 4 is 0 Å². The standard InChI is InChI=1S/C11H22N4/c1-11(2,3)6-5-7-12-8-10-9-13-14-15(10)4/h9,12H,5-8H2,1-4H3. The number of nitrogens with zero attached hydrogens (tertiary/aromatic N) is 3. The molecule has 0 aliphatic carbocycles. The second-order valence-corrected chi connectivity index (χ2v) is 5.19. The molecule has 0 aromatic carbocycles. The van der Waals surface area contributed by atoms with Crippen molar-refractivity contribution in [2.45, 2.75) is 40.2 Å². The van der Waals surface area contributed by atoms with Crippen LogP contribution >= 0.6 is 0 Å². The number of rotatable bonds is 5. The fourth-order valence-corrected chi connectivity index (χ4v) is 1.43. The van der Waals surface area contributed by atoms with Crippen LogP contribution in [0.3, 0.4) is 0 Å². The average Bonchev–Trinajstić information content (AvgIpc) is 2.49. The SMILES string of the molecule is Cn1nncc1CNCCCC(C)(C)C. The molecular formula is C11H22N4. The Bertz CT molecular complexity index is 285. The average molecular weight is 210 g/mol. The van der Waals surface area contributed by atoms with Crippen LogP contribution in [0.4, 0.5) is 0 Å². The highest BCUT2D eigenvalue weighted by atomic mass is 15.4. The maximum atomic E-state index is 3.88. The normalized spacial score (nSPS) is 12.0. The minimum atomic E-state index is 0.440. The van der Waals surface area contributed by atoms with Gasteiger partial charge in [0.05, 0.1) is 11.9 Å². The van der Waals surface area contributed by atoms with Gasteiger partial charge in [-0.25, -0.2) is 0 Å². The fraction of sp³-hybridized carbons (Fsp3) is 0.818. The molecule has 1 aromatic heterocycles. The van der Waals surface area contributed by atoms with Crippen molar-refractivity contribution in [3.8, 4) is 0 Å². The lowest BCUT2D eigenvalue weighted by Gasteiger charge is -2.17. The molecule has 1 heterocycles. The van der Waals surface area contributed by atoms with Gasteiger partial charge in [-0.15, -0.1) is 5.10 Å². The Hall–Kier alpha value is -0.900. The van der Waals surface area contributed by atoms with E-state index in [2.05, 4.69) is 36.4 Å². The first-order valence-electron chi connectivity index (χ1n) is 5.53. The molecule has 1 N–H and O–H groups in total. The Balaban J connectivity index is 2.10. The maximum Gasteiger partial charge on any atom is 0.0738 e. The summed E-state index contributed by atoms with van der Waals surface area (Å²) in [6.07, 6.45) is 4.27. The van der Waals surface area contributed by atoms with Crippen LogP contribution < -0.4 is 5.32 Å². The van der Waals surface area contributed by atoms with Crippen molar-refractivity contribution in [3.63, 3.8) is 0 Å². The van der Waals surface area contributed by atoms with E-state index < -0.39 is 0 Å². The zero-order chi connectivity index (χ0) is 11.3. The van der Waals surface area contributed by atoms with Gasteiger partial charge in [0.2, 0.25) is 0 Å². The van der Waals surface area contributed by atoms with E-state index in [1.165, 1.54) is 12.8 Å². The fourth-order valence-electron chi connectivity index (χ4n) is 1.43. The molecule has 0 spiro atoms. The van der Waals surface area contributed by atoms with Gasteiger partial charge < -0.3 is 5.32 Å². The number of hydrogen-bond acceptors (Lipinski definition) is 3. The Labute approximate surface area is 92.1 Å². The summed E-state index contributed by atoms with van der Waals surface area (Å²) < 4.78 is 1.80. The third-order valence-corrected chi connectivity index (χ3v) is 2.39. The molecule has 0 aliphatic heterocycles. The summed E-state index contributed by atoms with van der Waals surface area (Å²) in [6, 6.07) is 0. The smallest absolute Gasteiger partial charge is 0.0738 e. The van der Waals surface area contributed by atoms with Gasteiger partial charge in [0, 0.05) is 13.6 Å². The minimum absolute atomic E-state index is 0.440. The molecule has 0 amide bonds. The van der Waals surface area contributed by atoms with E-state index >= 15 is 0 Å². The molecular weight excluding hydrogens is 188 g/mol. The highest BCUT2D eigenvalue weighted by molar-refractivity contribution is 4.91. The highest BCUT2D eigenvalue weighted by Crippen LogP contribution is 2.19. The summed E-state index contributed by atoms with van der Waals surface area (Å²) in [6.45, 7) is 8.74. The van der Waals surface area contributed by atoms with Gasteiger partial charge in [0.25, 0.3) is 0 Å². The number of aromatic nitrogens is 3. The quantitative estimate of drug-likeness (QED) is 0.753. The zero-order valence-electron chi connectivity index (χ0n) is 10.2. The van der Waals surface area contributed by atoms with Crippen LogP contribution in [0.15, 0.2) is 6.20 Å². The predicted molar refractivity (Wildman–Crippen MR) is 61.4 cm³/mol. The van der Waals surface area contributed by atoms with Crippen molar-refractivity contribution in [2.75, 3.05) is 6.54 Å². The molecule has 0 aliphatic rings. The van der Waals surface area contributed by atoms with Gasteiger partial charge in [-0.1, -0.05) is 26.0 Å². The van der Waals surface area contributed by atoms with Crippen molar-refractivity contribution in [1.82, 2.24) is 20.3 Å². The van der Waals surface area contributed by atoms with Crippen molar-refractivity contribution in [2.24, 2.45) is 12.5 Å². The molecule has 4 heteroatoms. The first-order chi connectivity index (χ1) is 6.99. The van der Waals surface area contributed by atoms with Crippen LogP contribution in [-0.4, -0.2) is 21.5 Å². The molecule has 15 heavy (non-hydrogen) atoms. The lowest BCUT2D eigenvalue weighted by atomic mass is 9.91. The van der Waals surface area contributed by atoms with E-state index in [-0.39, 0.29) is 0 Å². The molecule has 0 atom stereocenters.